The summed E-state index contributed by atoms with van der Waals surface area (Å²) in [5, 5.41) is 0. The van der Waals surface area contributed by atoms with Gasteiger partial charge in [-0.2, -0.15) is 0 Å². The average Bonchev–Trinajstić information content (AvgIpc) is 2.92. The number of ether oxygens (including phenoxy) is 2. The van der Waals surface area contributed by atoms with Crippen LogP contribution in [0.3, 0.4) is 0 Å². The van der Waals surface area contributed by atoms with Crippen molar-refractivity contribution in [2.45, 2.75) is 33.4 Å². The molecule has 2 aromatic carbocycles. The van der Waals surface area contributed by atoms with Crippen LogP contribution in [0.1, 0.15) is 23.4 Å². The molecule has 0 spiro atoms. The van der Waals surface area contributed by atoms with E-state index < -0.39 is 0 Å². The Morgan fingerprint density at radius 3 is 2.75 bits per heavy atom. The predicted octanol–water partition coefficient (Wildman–Crippen LogP) is 4.27. The number of aromatic nitrogens is 2. The Kier molecular flexibility index (Phi) is 5.16. The molecule has 0 amide bonds. The summed E-state index contributed by atoms with van der Waals surface area (Å²) in [4.78, 5) is 4.66. The van der Waals surface area contributed by atoms with E-state index in [4.69, 9.17) is 9.47 Å². The zero-order valence-electron chi connectivity index (χ0n) is 14.6. The molecule has 0 fully saturated rings. The molecule has 1 heterocycles. The molecule has 0 atom stereocenters. The van der Waals surface area contributed by atoms with Crippen molar-refractivity contribution < 1.29 is 9.47 Å². The number of para-hydroxylation sites is 2. The number of aryl methyl sites for hydroxylation is 3. The number of hydrogen-bond donors (Lipinski definition) is 0. The second-order valence-electron chi connectivity index (χ2n) is 6.07. The van der Waals surface area contributed by atoms with Gasteiger partial charge in [-0.25, -0.2) is 4.98 Å². The molecule has 3 aromatic rings. The largest absolute Gasteiger partial charge is 0.493 e. The van der Waals surface area contributed by atoms with Gasteiger partial charge < -0.3 is 14.0 Å². The number of fused-ring (bicyclic) bond motifs is 1. The Hall–Kier alpha value is -2.33. The van der Waals surface area contributed by atoms with E-state index in [2.05, 4.69) is 47.7 Å². The Morgan fingerprint density at radius 2 is 1.92 bits per heavy atom. The molecule has 0 radical (unpaired) electrons. The average molecular weight is 324 g/mol. The van der Waals surface area contributed by atoms with E-state index in [-0.39, 0.29) is 0 Å². The first-order chi connectivity index (χ1) is 11.7. The fraction of sp³-hybridized carbons (Fsp3) is 0.350. The first-order valence-electron chi connectivity index (χ1n) is 8.32. The van der Waals surface area contributed by atoms with Gasteiger partial charge in [0.15, 0.2) is 0 Å². The molecule has 0 aliphatic heterocycles. The van der Waals surface area contributed by atoms with Crippen molar-refractivity contribution >= 4 is 11.0 Å². The van der Waals surface area contributed by atoms with Crippen LogP contribution in [0.2, 0.25) is 0 Å². The second kappa shape index (κ2) is 7.49. The Bertz CT molecular complexity index is 824. The lowest BCUT2D eigenvalue weighted by molar-refractivity contribution is 0.174. The first-order valence-corrected chi connectivity index (χ1v) is 8.32. The predicted molar refractivity (Wildman–Crippen MR) is 96.5 cm³/mol. The molecule has 0 N–H and O–H groups in total. The van der Waals surface area contributed by atoms with E-state index in [0.29, 0.717) is 13.2 Å². The summed E-state index contributed by atoms with van der Waals surface area (Å²) in [6, 6.07) is 14.5. The van der Waals surface area contributed by atoms with Crippen molar-refractivity contribution in [2.75, 3.05) is 13.7 Å². The van der Waals surface area contributed by atoms with E-state index in [9.17, 15) is 0 Å². The highest BCUT2D eigenvalue weighted by Gasteiger charge is 2.10. The fourth-order valence-corrected chi connectivity index (χ4v) is 2.88. The van der Waals surface area contributed by atoms with Crippen LogP contribution in [-0.2, 0) is 17.9 Å². The molecule has 0 bridgehead atoms. The van der Waals surface area contributed by atoms with Crippen molar-refractivity contribution in [3.8, 4) is 5.75 Å². The summed E-state index contributed by atoms with van der Waals surface area (Å²) >= 11 is 0. The molecule has 4 heteroatoms. The molecule has 3 rings (SSSR count). The van der Waals surface area contributed by atoms with E-state index >= 15 is 0 Å². The third-order valence-corrected chi connectivity index (χ3v) is 4.13. The van der Waals surface area contributed by atoms with Crippen LogP contribution in [0.5, 0.6) is 5.75 Å². The van der Waals surface area contributed by atoms with E-state index in [0.717, 1.165) is 35.6 Å². The number of imidazole rings is 1. The van der Waals surface area contributed by atoms with E-state index in [1.165, 1.54) is 11.1 Å². The maximum atomic E-state index is 5.96. The smallest absolute Gasteiger partial charge is 0.135 e. The molecular formula is C20H24N2O2. The van der Waals surface area contributed by atoms with Gasteiger partial charge in [-0.15, -0.1) is 0 Å². The minimum Gasteiger partial charge on any atom is -0.493 e. The lowest BCUT2D eigenvalue weighted by Gasteiger charge is -2.12. The quantitative estimate of drug-likeness (QED) is 0.609. The minimum atomic E-state index is 0.520. The molecule has 0 aliphatic rings. The number of nitrogens with zero attached hydrogens (tertiary/aromatic N) is 2. The Balaban J connectivity index is 1.67. The summed E-state index contributed by atoms with van der Waals surface area (Å²) in [5.41, 5.74) is 4.56. The van der Waals surface area contributed by atoms with Crippen LogP contribution in [0.25, 0.3) is 11.0 Å². The normalized spacial score (nSPS) is 11.1. The zero-order chi connectivity index (χ0) is 16.9. The molecule has 0 aliphatic carbocycles. The summed E-state index contributed by atoms with van der Waals surface area (Å²) < 4.78 is 13.5. The van der Waals surface area contributed by atoms with Crippen LogP contribution in [0.4, 0.5) is 0 Å². The highest BCUT2D eigenvalue weighted by Crippen LogP contribution is 2.20. The SMILES string of the molecule is COCc1nc2ccccc2n1CCCOc1cc(C)ccc1C. The number of rotatable bonds is 7. The first kappa shape index (κ1) is 16.5. The molecule has 0 saturated carbocycles. The minimum absolute atomic E-state index is 0.520. The van der Waals surface area contributed by atoms with Gasteiger partial charge in [0.05, 0.1) is 17.6 Å². The van der Waals surface area contributed by atoms with Crippen LogP contribution in [-0.4, -0.2) is 23.3 Å². The van der Waals surface area contributed by atoms with Gasteiger partial charge in [0.2, 0.25) is 0 Å². The van der Waals surface area contributed by atoms with E-state index in [1.807, 2.05) is 18.2 Å². The third kappa shape index (κ3) is 3.60. The molecule has 24 heavy (non-hydrogen) atoms. The molecule has 0 saturated heterocycles. The zero-order valence-corrected chi connectivity index (χ0v) is 14.6. The van der Waals surface area contributed by atoms with Crippen molar-refractivity contribution in [3.63, 3.8) is 0 Å². The number of hydrogen-bond acceptors (Lipinski definition) is 3. The third-order valence-electron chi connectivity index (χ3n) is 4.13. The second-order valence-corrected chi connectivity index (χ2v) is 6.07. The highest BCUT2D eigenvalue weighted by atomic mass is 16.5. The van der Waals surface area contributed by atoms with Gasteiger partial charge in [0, 0.05) is 13.7 Å². The number of methoxy groups -OCH3 is 1. The van der Waals surface area contributed by atoms with Gasteiger partial charge >= 0.3 is 0 Å². The standard InChI is InChI=1S/C20H24N2O2/c1-15-9-10-16(2)19(13-15)24-12-6-11-22-18-8-5-4-7-17(18)21-20(22)14-23-3/h4-5,7-10,13H,6,11-12,14H2,1-3H3. The number of benzene rings is 2. The van der Waals surface area contributed by atoms with Gasteiger partial charge in [-0.3, -0.25) is 0 Å². The maximum absolute atomic E-state index is 5.96. The monoisotopic (exact) mass is 324 g/mol. The van der Waals surface area contributed by atoms with Crippen LogP contribution in [0.15, 0.2) is 42.5 Å². The van der Waals surface area contributed by atoms with Crippen molar-refractivity contribution in [2.24, 2.45) is 0 Å². The van der Waals surface area contributed by atoms with Gasteiger partial charge in [-0.05, 0) is 49.6 Å². The molecule has 1 aromatic heterocycles. The topological polar surface area (TPSA) is 36.3 Å². The van der Waals surface area contributed by atoms with Gasteiger partial charge in [-0.1, -0.05) is 24.3 Å². The molecule has 0 unspecified atom stereocenters. The molecular weight excluding hydrogens is 300 g/mol. The van der Waals surface area contributed by atoms with E-state index in [1.54, 1.807) is 7.11 Å². The van der Waals surface area contributed by atoms with Crippen LogP contribution in [0, 0.1) is 13.8 Å². The fourth-order valence-electron chi connectivity index (χ4n) is 2.88. The van der Waals surface area contributed by atoms with Crippen LogP contribution >= 0.6 is 0 Å². The van der Waals surface area contributed by atoms with Crippen molar-refractivity contribution in [1.29, 1.82) is 0 Å². The maximum Gasteiger partial charge on any atom is 0.135 e. The van der Waals surface area contributed by atoms with Crippen LogP contribution < -0.4 is 4.74 Å². The van der Waals surface area contributed by atoms with Gasteiger partial charge in [0.25, 0.3) is 0 Å². The molecule has 4 nitrogen and oxygen atoms in total. The van der Waals surface area contributed by atoms with Crippen molar-refractivity contribution in [3.05, 3.63) is 59.4 Å². The summed E-state index contributed by atoms with van der Waals surface area (Å²) in [5.74, 6) is 1.94. The van der Waals surface area contributed by atoms with Crippen molar-refractivity contribution in [1.82, 2.24) is 9.55 Å². The highest BCUT2D eigenvalue weighted by molar-refractivity contribution is 5.75. The summed E-state index contributed by atoms with van der Waals surface area (Å²) in [6.07, 6.45) is 0.921. The Morgan fingerprint density at radius 1 is 1.08 bits per heavy atom. The summed E-state index contributed by atoms with van der Waals surface area (Å²) in [7, 11) is 1.70. The Labute approximate surface area is 143 Å². The lowest BCUT2D eigenvalue weighted by atomic mass is 10.1. The lowest BCUT2D eigenvalue weighted by Crippen LogP contribution is -2.09. The summed E-state index contributed by atoms with van der Waals surface area (Å²) in [6.45, 7) is 6.23. The molecule has 126 valence electrons. The van der Waals surface area contributed by atoms with Gasteiger partial charge in [0.1, 0.15) is 18.2 Å².